The molecule has 0 saturated heterocycles. The number of rotatable bonds is 5. The van der Waals surface area contributed by atoms with Gasteiger partial charge in [-0.05, 0) is 23.6 Å². The summed E-state index contributed by atoms with van der Waals surface area (Å²) < 4.78 is 0. The lowest BCUT2D eigenvalue weighted by Crippen LogP contribution is -2.51. The van der Waals surface area contributed by atoms with Crippen molar-refractivity contribution in [2.75, 3.05) is 0 Å². The molecule has 0 aliphatic rings. The summed E-state index contributed by atoms with van der Waals surface area (Å²) in [6.45, 7) is 3.88. The molecule has 0 unspecified atom stereocenters. The number of hydrogen-bond acceptors (Lipinski definition) is 2. The van der Waals surface area contributed by atoms with Crippen LogP contribution in [-0.2, 0) is 11.3 Å². The minimum Gasteiger partial charge on any atom is -0.352 e. The maximum Gasteiger partial charge on any atom is 0.312 e. The fraction of sp³-hybridized carbons (Fsp3) is 0.385. The van der Waals surface area contributed by atoms with Crippen LogP contribution in [0.1, 0.15) is 19.4 Å². The molecule has 0 saturated carbocycles. The van der Waals surface area contributed by atoms with Gasteiger partial charge in [0, 0.05) is 16.6 Å². The summed E-state index contributed by atoms with van der Waals surface area (Å²) in [5.41, 5.74) is 5.79. The molecular weight excluding hydrogens is 301 g/mol. The van der Waals surface area contributed by atoms with Crippen LogP contribution in [0.25, 0.3) is 0 Å². The van der Waals surface area contributed by atoms with Crippen LogP contribution in [0, 0.1) is 5.92 Å². The van der Waals surface area contributed by atoms with Gasteiger partial charge < -0.3 is 16.4 Å². The summed E-state index contributed by atoms with van der Waals surface area (Å²) in [6.07, 6.45) is 0. The Bertz CT molecular complexity index is 506. The second-order valence-electron chi connectivity index (χ2n) is 4.68. The van der Waals surface area contributed by atoms with E-state index in [1.165, 1.54) is 0 Å². The molecule has 0 aliphatic carbocycles. The van der Waals surface area contributed by atoms with Gasteiger partial charge in [0.05, 0.1) is 0 Å². The van der Waals surface area contributed by atoms with E-state index in [1.807, 2.05) is 13.8 Å². The first kappa shape index (κ1) is 16.6. The molecule has 0 radical (unpaired) electrons. The maximum absolute atomic E-state index is 12.0. The topological polar surface area (TPSA) is 84.2 Å². The molecule has 110 valence electrons. The van der Waals surface area contributed by atoms with E-state index < -0.39 is 12.1 Å². The van der Waals surface area contributed by atoms with Gasteiger partial charge in [-0.15, -0.1) is 0 Å². The van der Waals surface area contributed by atoms with Crippen molar-refractivity contribution in [1.29, 1.82) is 0 Å². The van der Waals surface area contributed by atoms with Crippen LogP contribution < -0.4 is 16.4 Å². The predicted octanol–water partition coefficient (Wildman–Crippen LogP) is 2.30. The molecule has 7 heteroatoms. The Hall–Kier alpha value is -1.46. The van der Waals surface area contributed by atoms with Crippen molar-refractivity contribution in [3.63, 3.8) is 0 Å². The lowest BCUT2D eigenvalue weighted by Gasteiger charge is -2.20. The first-order valence-electron chi connectivity index (χ1n) is 6.09. The Morgan fingerprint density at radius 2 is 1.95 bits per heavy atom. The summed E-state index contributed by atoms with van der Waals surface area (Å²) in [7, 11) is 0. The lowest BCUT2D eigenvalue weighted by atomic mass is 10.0. The van der Waals surface area contributed by atoms with Crippen molar-refractivity contribution in [3.05, 3.63) is 33.8 Å². The number of carbonyl (C=O) groups excluding carboxylic acids is 2. The van der Waals surface area contributed by atoms with Crippen LogP contribution in [-0.4, -0.2) is 18.0 Å². The number of primary amides is 1. The fourth-order valence-corrected chi connectivity index (χ4v) is 2.12. The van der Waals surface area contributed by atoms with Crippen LogP contribution in [0.2, 0.25) is 10.0 Å². The van der Waals surface area contributed by atoms with Crippen LogP contribution in [0.3, 0.4) is 0 Å². The SMILES string of the molecule is CC(C)[C@H](NC(N)=O)C(=O)NCc1ccc(Cl)cc1Cl. The van der Waals surface area contributed by atoms with Crippen molar-refractivity contribution < 1.29 is 9.59 Å². The molecule has 1 atom stereocenters. The first-order chi connectivity index (χ1) is 9.31. The van der Waals surface area contributed by atoms with Crippen LogP contribution in [0.5, 0.6) is 0 Å². The molecule has 20 heavy (non-hydrogen) atoms. The minimum atomic E-state index is -0.733. The van der Waals surface area contributed by atoms with Crippen molar-refractivity contribution in [3.8, 4) is 0 Å². The fourth-order valence-electron chi connectivity index (χ4n) is 1.65. The van der Waals surface area contributed by atoms with E-state index in [4.69, 9.17) is 28.9 Å². The number of amides is 3. The smallest absolute Gasteiger partial charge is 0.312 e. The van der Waals surface area contributed by atoms with Gasteiger partial charge in [0.2, 0.25) is 5.91 Å². The van der Waals surface area contributed by atoms with E-state index >= 15 is 0 Å². The average Bonchev–Trinajstić information content (AvgIpc) is 2.34. The second-order valence-corrected chi connectivity index (χ2v) is 5.53. The maximum atomic E-state index is 12.0. The number of urea groups is 1. The van der Waals surface area contributed by atoms with E-state index in [0.717, 1.165) is 5.56 Å². The highest BCUT2D eigenvalue weighted by Crippen LogP contribution is 2.20. The summed E-state index contributed by atoms with van der Waals surface area (Å²) in [6, 6.07) is 3.61. The zero-order valence-electron chi connectivity index (χ0n) is 11.2. The molecule has 5 nitrogen and oxygen atoms in total. The van der Waals surface area contributed by atoms with E-state index in [1.54, 1.807) is 18.2 Å². The van der Waals surface area contributed by atoms with Gasteiger partial charge in [-0.25, -0.2) is 4.79 Å². The third-order valence-electron chi connectivity index (χ3n) is 2.72. The van der Waals surface area contributed by atoms with Crippen molar-refractivity contribution in [2.45, 2.75) is 26.4 Å². The Kier molecular flexibility index (Phi) is 6.10. The van der Waals surface area contributed by atoms with Gasteiger partial charge >= 0.3 is 6.03 Å². The third-order valence-corrected chi connectivity index (χ3v) is 3.30. The Labute approximate surface area is 127 Å². The zero-order valence-corrected chi connectivity index (χ0v) is 12.8. The molecule has 0 aromatic heterocycles. The molecule has 0 fully saturated rings. The highest BCUT2D eigenvalue weighted by Gasteiger charge is 2.23. The summed E-state index contributed by atoms with van der Waals surface area (Å²) >= 11 is 11.8. The monoisotopic (exact) mass is 317 g/mol. The molecule has 3 amide bonds. The molecular formula is C13H17Cl2N3O2. The Morgan fingerprint density at radius 1 is 1.30 bits per heavy atom. The summed E-state index contributed by atoms with van der Waals surface area (Å²) in [5.74, 6) is -0.395. The van der Waals surface area contributed by atoms with Gasteiger partial charge in [-0.2, -0.15) is 0 Å². The van der Waals surface area contributed by atoms with Gasteiger partial charge in [0.25, 0.3) is 0 Å². The van der Waals surface area contributed by atoms with Crippen LogP contribution in [0.15, 0.2) is 18.2 Å². The average molecular weight is 318 g/mol. The highest BCUT2D eigenvalue weighted by molar-refractivity contribution is 6.35. The predicted molar refractivity (Wildman–Crippen MR) is 79.7 cm³/mol. The third kappa shape index (κ3) is 4.90. The molecule has 1 aromatic carbocycles. The van der Waals surface area contributed by atoms with E-state index in [-0.39, 0.29) is 18.4 Å². The summed E-state index contributed by atoms with van der Waals surface area (Å²) in [5, 5.41) is 6.12. The lowest BCUT2D eigenvalue weighted by molar-refractivity contribution is -0.124. The standard InChI is InChI=1S/C13H17Cl2N3O2/c1-7(2)11(18-13(16)20)12(19)17-6-8-3-4-9(14)5-10(8)15/h3-5,7,11H,6H2,1-2H3,(H,17,19)(H3,16,18,20)/t11-/m0/s1. The zero-order chi connectivity index (χ0) is 15.3. The first-order valence-corrected chi connectivity index (χ1v) is 6.84. The van der Waals surface area contributed by atoms with Crippen molar-refractivity contribution >= 4 is 35.1 Å². The van der Waals surface area contributed by atoms with Crippen LogP contribution in [0.4, 0.5) is 4.79 Å². The van der Waals surface area contributed by atoms with Crippen molar-refractivity contribution in [1.82, 2.24) is 10.6 Å². The summed E-state index contributed by atoms with van der Waals surface area (Å²) in [4.78, 5) is 22.9. The molecule has 4 N–H and O–H groups in total. The van der Waals surface area contributed by atoms with Gasteiger partial charge in [-0.1, -0.05) is 43.1 Å². The number of halogens is 2. The molecule has 0 aliphatic heterocycles. The minimum absolute atomic E-state index is 0.0804. The van der Waals surface area contributed by atoms with E-state index in [0.29, 0.717) is 10.0 Å². The largest absolute Gasteiger partial charge is 0.352 e. The number of nitrogens with one attached hydrogen (secondary N) is 2. The van der Waals surface area contributed by atoms with Crippen LogP contribution >= 0.6 is 23.2 Å². The second kappa shape index (κ2) is 7.36. The molecule has 1 aromatic rings. The molecule has 0 bridgehead atoms. The Balaban J connectivity index is 2.67. The van der Waals surface area contributed by atoms with E-state index in [2.05, 4.69) is 10.6 Å². The number of hydrogen-bond donors (Lipinski definition) is 3. The van der Waals surface area contributed by atoms with Crippen molar-refractivity contribution in [2.24, 2.45) is 11.7 Å². The number of nitrogens with two attached hydrogens (primary N) is 1. The Morgan fingerprint density at radius 3 is 2.45 bits per heavy atom. The van der Waals surface area contributed by atoms with E-state index in [9.17, 15) is 9.59 Å². The number of carbonyl (C=O) groups is 2. The highest BCUT2D eigenvalue weighted by atomic mass is 35.5. The molecule has 0 heterocycles. The van der Waals surface area contributed by atoms with Gasteiger partial charge in [0.1, 0.15) is 6.04 Å². The van der Waals surface area contributed by atoms with Gasteiger partial charge in [-0.3, -0.25) is 4.79 Å². The quantitative estimate of drug-likeness (QED) is 0.778. The molecule has 0 spiro atoms. The normalized spacial score (nSPS) is 12.1. The number of benzene rings is 1. The molecule has 1 rings (SSSR count). The van der Waals surface area contributed by atoms with Gasteiger partial charge in [0.15, 0.2) is 0 Å².